The Kier molecular flexibility index (Phi) is 5.76. The number of methoxy groups -OCH3 is 1. The van der Waals surface area contributed by atoms with Gasteiger partial charge in [-0.2, -0.15) is 0 Å². The van der Waals surface area contributed by atoms with Gasteiger partial charge in [-0.15, -0.1) is 0 Å². The van der Waals surface area contributed by atoms with Gasteiger partial charge in [0.25, 0.3) is 5.91 Å². The summed E-state index contributed by atoms with van der Waals surface area (Å²) in [7, 11) is 1.60. The highest BCUT2D eigenvalue weighted by Crippen LogP contribution is 2.26. The van der Waals surface area contributed by atoms with E-state index in [0.717, 1.165) is 22.6 Å². The van der Waals surface area contributed by atoms with Gasteiger partial charge in [-0.05, 0) is 36.8 Å². The van der Waals surface area contributed by atoms with Crippen LogP contribution >= 0.6 is 0 Å². The van der Waals surface area contributed by atoms with Crippen LogP contribution in [0.3, 0.4) is 0 Å². The van der Waals surface area contributed by atoms with E-state index in [1.165, 1.54) is 0 Å². The summed E-state index contributed by atoms with van der Waals surface area (Å²) in [4.78, 5) is 24.5. The van der Waals surface area contributed by atoms with Crippen LogP contribution in [0.5, 0.6) is 11.5 Å². The lowest BCUT2D eigenvalue weighted by Gasteiger charge is -2.19. The molecule has 1 amide bonds. The van der Waals surface area contributed by atoms with Gasteiger partial charge < -0.3 is 19.5 Å². The largest absolute Gasteiger partial charge is 0.497 e. The Balaban J connectivity index is 1.53. The van der Waals surface area contributed by atoms with E-state index in [2.05, 4.69) is 5.32 Å². The summed E-state index contributed by atoms with van der Waals surface area (Å²) in [5.41, 5.74) is 2.11. The van der Waals surface area contributed by atoms with Gasteiger partial charge in [-0.25, -0.2) is 4.79 Å². The van der Waals surface area contributed by atoms with Gasteiger partial charge in [0.2, 0.25) is 0 Å². The van der Waals surface area contributed by atoms with Crippen LogP contribution in [-0.2, 0) is 20.9 Å². The summed E-state index contributed by atoms with van der Waals surface area (Å²) in [6.07, 6.45) is 0.817. The first-order valence-corrected chi connectivity index (χ1v) is 8.61. The lowest BCUT2D eigenvalue weighted by molar-refractivity contribution is -0.151. The van der Waals surface area contributed by atoms with Gasteiger partial charge in [-0.1, -0.05) is 30.3 Å². The number of nitrogens with one attached hydrogen (secondary N) is 1. The van der Waals surface area contributed by atoms with Crippen molar-refractivity contribution in [2.45, 2.75) is 19.6 Å². The minimum Gasteiger partial charge on any atom is -0.497 e. The fourth-order valence-electron chi connectivity index (χ4n) is 2.60. The molecule has 0 aliphatic carbocycles. The molecule has 0 unspecified atom stereocenters. The molecule has 6 nitrogen and oxygen atoms in total. The second kappa shape index (κ2) is 8.40. The quantitative estimate of drug-likeness (QED) is 0.795. The SMILES string of the molecule is COc1ccc(CNC(=O)[C@@H](C)OC(=O)C2=Cc3ccccc3OC2)cc1. The average Bonchev–Trinajstić information content (AvgIpc) is 2.71. The van der Waals surface area contributed by atoms with Crippen LogP contribution in [0.4, 0.5) is 0 Å². The normalized spacial score (nSPS) is 13.5. The first kappa shape index (κ1) is 18.5. The van der Waals surface area contributed by atoms with Crippen LogP contribution in [0.2, 0.25) is 0 Å². The minimum atomic E-state index is -0.909. The molecule has 0 spiro atoms. The van der Waals surface area contributed by atoms with Crippen LogP contribution in [0.25, 0.3) is 6.08 Å². The van der Waals surface area contributed by atoms with Crippen LogP contribution < -0.4 is 14.8 Å². The van der Waals surface area contributed by atoms with Crippen molar-refractivity contribution in [3.8, 4) is 11.5 Å². The van der Waals surface area contributed by atoms with Crippen molar-refractivity contribution >= 4 is 18.0 Å². The molecule has 2 aromatic rings. The highest BCUT2D eigenvalue weighted by Gasteiger charge is 2.23. The molecule has 0 aromatic heterocycles. The molecule has 0 radical (unpaired) electrons. The lowest BCUT2D eigenvalue weighted by atomic mass is 10.1. The molecule has 0 saturated carbocycles. The minimum absolute atomic E-state index is 0.121. The molecule has 1 aliphatic heterocycles. The van der Waals surface area contributed by atoms with E-state index in [9.17, 15) is 9.59 Å². The summed E-state index contributed by atoms with van der Waals surface area (Å²) in [6.45, 7) is 2.00. The Morgan fingerprint density at radius 1 is 1.15 bits per heavy atom. The number of para-hydroxylation sites is 1. The molecule has 2 aromatic carbocycles. The summed E-state index contributed by atoms with van der Waals surface area (Å²) in [5.74, 6) is 0.546. The highest BCUT2D eigenvalue weighted by atomic mass is 16.6. The van der Waals surface area contributed by atoms with Gasteiger partial charge in [-0.3, -0.25) is 4.79 Å². The van der Waals surface area contributed by atoms with E-state index in [-0.39, 0.29) is 12.5 Å². The second-order valence-corrected chi connectivity index (χ2v) is 6.11. The van der Waals surface area contributed by atoms with Crippen LogP contribution in [0.1, 0.15) is 18.1 Å². The molecule has 1 aliphatic rings. The monoisotopic (exact) mass is 367 g/mol. The van der Waals surface area contributed by atoms with Gasteiger partial charge >= 0.3 is 5.97 Å². The first-order chi connectivity index (χ1) is 13.1. The highest BCUT2D eigenvalue weighted by molar-refractivity contribution is 5.96. The van der Waals surface area contributed by atoms with Crippen LogP contribution in [0, 0.1) is 0 Å². The zero-order chi connectivity index (χ0) is 19.2. The smallest absolute Gasteiger partial charge is 0.338 e. The van der Waals surface area contributed by atoms with E-state index in [1.807, 2.05) is 48.5 Å². The number of hydrogen-bond acceptors (Lipinski definition) is 5. The topological polar surface area (TPSA) is 73.9 Å². The fraction of sp³-hybridized carbons (Fsp3) is 0.238. The molecule has 0 saturated heterocycles. The van der Waals surface area contributed by atoms with Crippen molar-refractivity contribution in [1.82, 2.24) is 5.32 Å². The third-order valence-electron chi connectivity index (χ3n) is 4.17. The number of esters is 1. The van der Waals surface area contributed by atoms with Gasteiger partial charge in [0, 0.05) is 12.1 Å². The Bertz CT molecular complexity index is 857. The summed E-state index contributed by atoms with van der Waals surface area (Å²) in [6, 6.07) is 14.8. The summed E-state index contributed by atoms with van der Waals surface area (Å²) < 4.78 is 15.9. The van der Waals surface area contributed by atoms with Crippen molar-refractivity contribution in [1.29, 1.82) is 0 Å². The van der Waals surface area contributed by atoms with Crippen molar-refractivity contribution in [3.05, 3.63) is 65.2 Å². The molecule has 0 bridgehead atoms. The molecule has 3 rings (SSSR count). The van der Waals surface area contributed by atoms with Crippen molar-refractivity contribution in [2.75, 3.05) is 13.7 Å². The zero-order valence-electron chi connectivity index (χ0n) is 15.2. The van der Waals surface area contributed by atoms with Crippen LogP contribution in [0.15, 0.2) is 54.1 Å². The number of fused-ring (bicyclic) bond motifs is 1. The van der Waals surface area contributed by atoms with Gasteiger partial charge in [0.1, 0.15) is 18.1 Å². The molecule has 6 heteroatoms. The number of carbonyl (C=O) groups excluding carboxylic acids is 2. The molecule has 1 N–H and O–H groups in total. The number of hydrogen-bond donors (Lipinski definition) is 1. The van der Waals surface area contributed by atoms with E-state index in [1.54, 1.807) is 20.1 Å². The van der Waals surface area contributed by atoms with E-state index >= 15 is 0 Å². The van der Waals surface area contributed by atoms with Gasteiger partial charge in [0.05, 0.1) is 12.7 Å². The predicted molar refractivity (Wildman–Crippen MR) is 100 cm³/mol. The van der Waals surface area contributed by atoms with E-state index < -0.39 is 12.1 Å². The van der Waals surface area contributed by atoms with Crippen molar-refractivity contribution < 1.29 is 23.8 Å². The molecule has 1 atom stereocenters. The standard InChI is InChI=1S/C21H21NO5/c1-14(20(23)22-12-15-7-9-18(25-2)10-8-15)27-21(24)17-11-16-5-3-4-6-19(16)26-13-17/h3-11,14H,12-13H2,1-2H3,(H,22,23)/t14-/m1/s1. The Hall–Kier alpha value is -3.28. The molecular weight excluding hydrogens is 346 g/mol. The molecule has 0 fully saturated rings. The summed E-state index contributed by atoms with van der Waals surface area (Å²) >= 11 is 0. The van der Waals surface area contributed by atoms with E-state index in [0.29, 0.717) is 12.1 Å². The van der Waals surface area contributed by atoms with Crippen molar-refractivity contribution in [3.63, 3.8) is 0 Å². The molecule has 140 valence electrons. The zero-order valence-corrected chi connectivity index (χ0v) is 15.2. The predicted octanol–water partition coefficient (Wildman–Crippen LogP) is 2.72. The maximum atomic E-state index is 12.3. The Morgan fingerprint density at radius 2 is 1.89 bits per heavy atom. The number of ether oxygens (including phenoxy) is 3. The number of carbonyl (C=O) groups is 2. The second-order valence-electron chi connectivity index (χ2n) is 6.11. The maximum absolute atomic E-state index is 12.3. The van der Waals surface area contributed by atoms with E-state index in [4.69, 9.17) is 14.2 Å². The Labute approximate surface area is 157 Å². The average molecular weight is 367 g/mol. The molecular formula is C21H21NO5. The van der Waals surface area contributed by atoms with Gasteiger partial charge in [0.15, 0.2) is 6.10 Å². The van der Waals surface area contributed by atoms with Crippen molar-refractivity contribution in [2.24, 2.45) is 0 Å². The fourth-order valence-corrected chi connectivity index (χ4v) is 2.60. The maximum Gasteiger partial charge on any atom is 0.338 e. The van der Waals surface area contributed by atoms with Crippen LogP contribution in [-0.4, -0.2) is 31.7 Å². The third kappa shape index (κ3) is 4.67. The summed E-state index contributed by atoms with van der Waals surface area (Å²) in [5, 5.41) is 2.75. The Morgan fingerprint density at radius 3 is 2.63 bits per heavy atom. The lowest BCUT2D eigenvalue weighted by Crippen LogP contribution is -2.36. The third-order valence-corrected chi connectivity index (χ3v) is 4.17. The molecule has 1 heterocycles. The first-order valence-electron chi connectivity index (χ1n) is 8.61. The number of amides is 1. The molecule has 27 heavy (non-hydrogen) atoms. The number of benzene rings is 2. The number of rotatable bonds is 6.